The SMILES string of the molecule is CN1c2ccc(C(F)(F)F)cc2C(C)(C)C12C=Nc1ccc3cnccc3c1O2. The topological polar surface area (TPSA) is 37.7 Å². The minimum absolute atomic E-state index is 0.576. The second-order valence-electron chi connectivity index (χ2n) is 7.98. The fourth-order valence-corrected chi connectivity index (χ4v) is 4.42. The highest BCUT2D eigenvalue weighted by molar-refractivity contribution is 5.96. The standard InChI is InChI=1S/C22H18F3N3O/c1-20(2)16-10-14(22(23,24)25)5-7-18(16)28(3)21(20)12-27-17-6-4-13-11-26-9-8-15(13)19(17)29-21/h4-12H,1-3H3. The molecule has 3 aromatic rings. The van der Waals surface area contributed by atoms with Gasteiger partial charge in [0.25, 0.3) is 0 Å². The number of aliphatic imine (C=N–C) groups is 1. The Hall–Kier alpha value is -3.09. The molecule has 1 spiro atoms. The van der Waals surface area contributed by atoms with Crippen LogP contribution in [0.3, 0.4) is 0 Å². The Labute approximate surface area is 165 Å². The first kappa shape index (κ1) is 18.0. The molecule has 1 unspecified atom stereocenters. The summed E-state index contributed by atoms with van der Waals surface area (Å²) in [5.41, 5.74) is -0.546. The summed E-state index contributed by atoms with van der Waals surface area (Å²) in [6, 6.07) is 9.49. The summed E-state index contributed by atoms with van der Waals surface area (Å²) in [6.45, 7) is 3.78. The fraction of sp³-hybridized carbons (Fsp3) is 0.273. The highest BCUT2D eigenvalue weighted by Crippen LogP contribution is 2.55. The Kier molecular flexibility index (Phi) is 3.40. The van der Waals surface area contributed by atoms with Crippen LogP contribution in [-0.4, -0.2) is 24.0 Å². The number of hydrogen-bond donors (Lipinski definition) is 0. The number of ether oxygens (including phenoxy) is 1. The molecular weight excluding hydrogens is 379 g/mol. The number of nitrogens with zero attached hydrogens (tertiary/aromatic N) is 3. The molecule has 2 aromatic carbocycles. The molecule has 0 aliphatic carbocycles. The molecule has 0 N–H and O–H groups in total. The number of rotatable bonds is 0. The van der Waals surface area contributed by atoms with E-state index in [1.165, 1.54) is 12.1 Å². The van der Waals surface area contributed by atoms with Crippen LogP contribution in [-0.2, 0) is 11.6 Å². The molecule has 2 aliphatic heterocycles. The number of alkyl halides is 3. The molecule has 29 heavy (non-hydrogen) atoms. The van der Waals surface area contributed by atoms with E-state index in [2.05, 4.69) is 9.98 Å². The minimum atomic E-state index is -4.41. The lowest BCUT2D eigenvalue weighted by Crippen LogP contribution is -2.61. The molecule has 0 fully saturated rings. The van der Waals surface area contributed by atoms with Gasteiger partial charge >= 0.3 is 6.18 Å². The van der Waals surface area contributed by atoms with Gasteiger partial charge in [0.05, 0.1) is 17.2 Å². The molecule has 1 aromatic heterocycles. The van der Waals surface area contributed by atoms with Crippen molar-refractivity contribution in [2.24, 2.45) is 4.99 Å². The van der Waals surface area contributed by atoms with Gasteiger partial charge in [0, 0.05) is 35.9 Å². The largest absolute Gasteiger partial charge is 0.459 e. The average Bonchev–Trinajstić information content (AvgIpc) is 2.85. The van der Waals surface area contributed by atoms with Crippen molar-refractivity contribution in [1.82, 2.24) is 4.98 Å². The normalized spacial score (nSPS) is 21.9. The molecule has 5 rings (SSSR count). The molecule has 0 amide bonds. The van der Waals surface area contributed by atoms with E-state index in [0.29, 0.717) is 22.7 Å². The predicted octanol–water partition coefficient (Wildman–Crippen LogP) is 5.47. The van der Waals surface area contributed by atoms with E-state index in [1.807, 2.05) is 44.0 Å². The summed E-state index contributed by atoms with van der Waals surface area (Å²) in [7, 11) is 1.82. The number of likely N-dealkylation sites (N-methyl/N-ethyl adjacent to an activating group) is 1. The van der Waals surface area contributed by atoms with Gasteiger partial charge in [0.15, 0.2) is 5.75 Å². The lowest BCUT2D eigenvalue weighted by atomic mass is 9.77. The molecule has 7 heteroatoms. The zero-order valence-electron chi connectivity index (χ0n) is 16.1. The van der Waals surface area contributed by atoms with E-state index in [0.717, 1.165) is 16.8 Å². The number of pyridine rings is 1. The van der Waals surface area contributed by atoms with Crippen molar-refractivity contribution in [3.05, 3.63) is 59.9 Å². The Morgan fingerprint density at radius 3 is 2.62 bits per heavy atom. The van der Waals surface area contributed by atoms with Crippen molar-refractivity contribution in [3.8, 4) is 5.75 Å². The van der Waals surface area contributed by atoms with Gasteiger partial charge in [-0.1, -0.05) is 6.07 Å². The monoisotopic (exact) mass is 397 g/mol. The van der Waals surface area contributed by atoms with Gasteiger partial charge in [-0.05, 0) is 49.7 Å². The van der Waals surface area contributed by atoms with E-state index < -0.39 is 22.9 Å². The maximum absolute atomic E-state index is 13.3. The fourth-order valence-electron chi connectivity index (χ4n) is 4.42. The van der Waals surface area contributed by atoms with Crippen LogP contribution in [0.1, 0.15) is 25.0 Å². The van der Waals surface area contributed by atoms with Gasteiger partial charge in [-0.25, -0.2) is 0 Å². The van der Waals surface area contributed by atoms with Gasteiger partial charge in [-0.2, -0.15) is 13.2 Å². The predicted molar refractivity (Wildman–Crippen MR) is 106 cm³/mol. The molecule has 1 atom stereocenters. The maximum Gasteiger partial charge on any atom is 0.416 e. The van der Waals surface area contributed by atoms with E-state index in [4.69, 9.17) is 4.74 Å². The third-order valence-corrected chi connectivity index (χ3v) is 6.14. The lowest BCUT2D eigenvalue weighted by Gasteiger charge is -2.45. The second kappa shape index (κ2) is 5.49. The van der Waals surface area contributed by atoms with Crippen molar-refractivity contribution in [2.45, 2.75) is 31.2 Å². The Balaban J connectivity index is 1.70. The van der Waals surface area contributed by atoms with E-state index in [1.54, 1.807) is 18.6 Å². The van der Waals surface area contributed by atoms with Crippen LogP contribution in [0.4, 0.5) is 24.5 Å². The molecule has 0 saturated carbocycles. The first-order valence-corrected chi connectivity index (χ1v) is 9.22. The highest BCUT2D eigenvalue weighted by Gasteiger charge is 2.59. The highest BCUT2D eigenvalue weighted by atomic mass is 19.4. The van der Waals surface area contributed by atoms with Gasteiger partial charge in [0.1, 0.15) is 5.69 Å². The number of hydrogen-bond acceptors (Lipinski definition) is 4. The lowest BCUT2D eigenvalue weighted by molar-refractivity contribution is -0.137. The molecule has 3 heterocycles. The van der Waals surface area contributed by atoms with E-state index in [-0.39, 0.29) is 0 Å². The summed E-state index contributed by atoms with van der Waals surface area (Å²) in [5, 5.41) is 1.78. The van der Waals surface area contributed by atoms with Crippen LogP contribution in [0.5, 0.6) is 5.75 Å². The summed E-state index contributed by atoms with van der Waals surface area (Å²) in [4.78, 5) is 10.7. The number of benzene rings is 2. The Bertz CT molecular complexity index is 1190. The zero-order chi connectivity index (χ0) is 20.6. The van der Waals surface area contributed by atoms with E-state index >= 15 is 0 Å². The molecule has 2 aliphatic rings. The zero-order valence-corrected chi connectivity index (χ0v) is 16.1. The number of halogens is 3. The van der Waals surface area contributed by atoms with Gasteiger partial charge in [-0.3, -0.25) is 9.98 Å². The van der Waals surface area contributed by atoms with Crippen molar-refractivity contribution < 1.29 is 17.9 Å². The molecule has 0 radical (unpaired) electrons. The summed E-state index contributed by atoms with van der Waals surface area (Å²) in [5.74, 6) is 0.608. The van der Waals surface area contributed by atoms with Crippen molar-refractivity contribution in [2.75, 3.05) is 11.9 Å². The quantitative estimate of drug-likeness (QED) is 0.505. The first-order chi connectivity index (χ1) is 13.6. The molecule has 0 bridgehead atoms. The van der Waals surface area contributed by atoms with Crippen LogP contribution in [0.25, 0.3) is 10.8 Å². The average molecular weight is 397 g/mol. The summed E-state index contributed by atoms with van der Waals surface area (Å²) < 4.78 is 46.6. The summed E-state index contributed by atoms with van der Waals surface area (Å²) in [6.07, 6.45) is 0.731. The first-order valence-electron chi connectivity index (χ1n) is 9.22. The molecule has 4 nitrogen and oxygen atoms in total. The molecular formula is C22H18F3N3O. The third kappa shape index (κ3) is 2.27. The van der Waals surface area contributed by atoms with Gasteiger partial charge in [0.2, 0.25) is 5.72 Å². The van der Waals surface area contributed by atoms with Crippen LogP contribution in [0.15, 0.2) is 53.8 Å². The van der Waals surface area contributed by atoms with Gasteiger partial charge in [-0.15, -0.1) is 0 Å². The second-order valence-corrected chi connectivity index (χ2v) is 7.98. The minimum Gasteiger partial charge on any atom is -0.459 e. The van der Waals surface area contributed by atoms with Crippen molar-refractivity contribution >= 4 is 28.4 Å². The number of fused-ring (bicyclic) bond motifs is 4. The number of anilines is 1. The molecule has 0 saturated heterocycles. The summed E-state index contributed by atoms with van der Waals surface area (Å²) >= 11 is 0. The van der Waals surface area contributed by atoms with Crippen LogP contribution in [0.2, 0.25) is 0 Å². The number of aromatic nitrogens is 1. The van der Waals surface area contributed by atoms with Crippen LogP contribution in [0, 0.1) is 0 Å². The van der Waals surface area contributed by atoms with Crippen molar-refractivity contribution in [3.63, 3.8) is 0 Å². The van der Waals surface area contributed by atoms with Crippen LogP contribution >= 0.6 is 0 Å². The third-order valence-electron chi connectivity index (χ3n) is 6.14. The smallest absolute Gasteiger partial charge is 0.416 e. The Morgan fingerprint density at radius 2 is 1.86 bits per heavy atom. The van der Waals surface area contributed by atoms with Gasteiger partial charge < -0.3 is 9.64 Å². The Morgan fingerprint density at radius 1 is 1.07 bits per heavy atom. The maximum atomic E-state index is 13.3. The van der Waals surface area contributed by atoms with E-state index in [9.17, 15) is 13.2 Å². The molecule has 148 valence electrons. The van der Waals surface area contributed by atoms with Crippen LogP contribution < -0.4 is 9.64 Å². The van der Waals surface area contributed by atoms with Crippen molar-refractivity contribution in [1.29, 1.82) is 0 Å².